The van der Waals surface area contributed by atoms with Crippen molar-refractivity contribution in [1.82, 2.24) is 9.88 Å². The molecule has 0 radical (unpaired) electrons. The van der Waals surface area contributed by atoms with Gasteiger partial charge in [0.25, 0.3) is 5.91 Å². The highest BCUT2D eigenvalue weighted by atomic mass is 16.5. The van der Waals surface area contributed by atoms with Gasteiger partial charge in [0.05, 0.1) is 12.1 Å². The van der Waals surface area contributed by atoms with Crippen LogP contribution in [-0.2, 0) is 6.54 Å². The van der Waals surface area contributed by atoms with Gasteiger partial charge in [-0.25, -0.2) is 0 Å². The van der Waals surface area contributed by atoms with E-state index >= 15 is 0 Å². The summed E-state index contributed by atoms with van der Waals surface area (Å²) in [5.74, 6) is 0.853. The number of benzene rings is 1. The van der Waals surface area contributed by atoms with Crippen molar-refractivity contribution < 1.29 is 9.53 Å². The normalized spacial score (nSPS) is 17.9. The Hall–Kier alpha value is -2.36. The predicted molar refractivity (Wildman–Crippen MR) is 75.5 cm³/mol. The molecule has 0 aliphatic carbocycles. The fourth-order valence-corrected chi connectivity index (χ4v) is 2.41. The lowest BCUT2D eigenvalue weighted by atomic mass is 10.1. The predicted octanol–water partition coefficient (Wildman–Crippen LogP) is 2.50. The summed E-state index contributed by atoms with van der Waals surface area (Å²) >= 11 is 0. The third-order valence-electron chi connectivity index (χ3n) is 3.34. The van der Waals surface area contributed by atoms with Gasteiger partial charge in [-0.15, -0.1) is 0 Å². The zero-order valence-corrected chi connectivity index (χ0v) is 11.3. The molecule has 3 rings (SSSR count). The first-order valence-corrected chi connectivity index (χ1v) is 6.68. The summed E-state index contributed by atoms with van der Waals surface area (Å²) in [5, 5.41) is 0. The molecule has 0 saturated heterocycles. The van der Waals surface area contributed by atoms with Crippen LogP contribution in [0.2, 0.25) is 0 Å². The van der Waals surface area contributed by atoms with E-state index in [2.05, 4.69) is 4.98 Å². The first-order valence-electron chi connectivity index (χ1n) is 6.68. The van der Waals surface area contributed by atoms with Crippen LogP contribution in [0.3, 0.4) is 0 Å². The van der Waals surface area contributed by atoms with E-state index in [1.165, 1.54) is 0 Å². The lowest BCUT2D eigenvalue weighted by molar-refractivity contribution is 0.0690. The van der Waals surface area contributed by atoms with Crippen LogP contribution < -0.4 is 4.74 Å². The maximum atomic E-state index is 12.5. The smallest absolute Gasteiger partial charge is 0.255 e. The van der Waals surface area contributed by atoms with E-state index in [9.17, 15) is 4.79 Å². The molecule has 20 heavy (non-hydrogen) atoms. The van der Waals surface area contributed by atoms with Crippen molar-refractivity contribution in [3.63, 3.8) is 0 Å². The topological polar surface area (TPSA) is 42.4 Å². The number of para-hydroxylation sites is 1. The van der Waals surface area contributed by atoms with E-state index in [1.807, 2.05) is 36.1 Å². The Kier molecular flexibility index (Phi) is 3.37. The van der Waals surface area contributed by atoms with Gasteiger partial charge in [-0.1, -0.05) is 18.2 Å². The van der Waals surface area contributed by atoms with Crippen molar-refractivity contribution in [2.75, 3.05) is 6.54 Å². The molecule has 1 atom stereocenters. The molecule has 2 heterocycles. The van der Waals surface area contributed by atoms with Crippen LogP contribution in [0.1, 0.15) is 22.8 Å². The molecule has 1 aliphatic rings. The number of hydrogen-bond donors (Lipinski definition) is 0. The van der Waals surface area contributed by atoms with Crippen LogP contribution in [0, 0.1) is 0 Å². The van der Waals surface area contributed by atoms with Gasteiger partial charge in [0.15, 0.2) is 0 Å². The Bertz CT molecular complexity index is 613. The molecule has 2 aromatic rings. The Morgan fingerprint density at radius 3 is 2.95 bits per heavy atom. The summed E-state index contributed by atoms with van der Waals surface area (Å²) < 4.78 is 5.86. The van der Waals surface area contributed by atoms with E-state index in [0.717, 1.165) is 11.3 Å². The van der Waals surface area contributed by atoms with Crippen molar-refractivity contribution in [3.8, 4) is 5.75 Å². The second-order valence-corrected chi connectivity index (χ2v) is 4.96. The summed E-state index contributed by atoms with van der Waals surface area (Å²) in [6.45, 7) is 3.11. The molecular formula is C16H16N2O2. The third-order valence-corrected chi connectivity index (χ3v) is 3.34. The molecule has 0 bridgehead atoms. The quantitative estimate of drug-likeness (QED) is 0.798. The van der Waals surface area contributed by atoms with Crippen molar-refractivity contribution in [1.29, 1.82) is 0 Å². The van der Waals surface area contributed by atoms with Crippen LogP contribution in [0.4, 0.5) is 0 Å². The summed E-state index contributed by atoms with van der Waals surface area (Å²) in [7, 11) is 0. The maximum absolute atomic E-state index is 12.5. The first-order chi connectivity index (χ1) is 9.74. The van der Waals surface area contributed by atoms with Gasteiger partial charge in [-0.3, -0.25) is 9.78 Å². The first kappa shape index (κ1) is 12.7. The van der Waals surface area contributed by atoms with Crippen molar-refractivity contribution in [2.45, 2.75) is 19.6 Å². The molecule has 1 unspecified atom stereocenters. The van der Waals surface area contributed by atoms with E-state index in [4.69, 9.17) is 4.74 Å². The second-order valence-electron chi connectivity index (χ2n) is 4.96. The average molecular weight is 268 g/mol. The number of pyridine rings is 1. The van der Waals surface area contributed by atoms with Crippen LogP contribution in [0.5, 0.6) is 5.75 Å². The number of ether oxygens (including phenoxy) is 1. The largest absolute Gasteiger partial charge is 0.489 e. The average Bonchev–Trinajstić information content (AvgIpc) is 2.65. The highest BCUT2D eigenvalue weighted by Crippen LogP contribution is 2.25. The molecule has 0 fully saturated rings. The molecule has 1 amide bonds. The lowest BCUT2D eigenvalue weighted by Gasteiger charge is -2.22. The van der Waals surface area contributed by atoms with Gasteiger partial charge in [-0.2, -0.15) is 0 Å². The minimum atomic E-state index is -0.0285. The van der Waals surface area contributed by atoms with E-state index in [1.54, 1.807) is 24.5 Å². The van der Waals surface area contributed by atoms with Gasteiger partial charge in [0.1, 0.15) is 11.9 Å². The number of amides is 1. The summed E-state index contributed by atoms with van der Waals surface area (Å²) in [5.41, 5.74) is 1.65. The zero-order chi connectivity index (χ0) is 13.9. The Balaban J connectivity index is 1.89. The summed E-state index contributed by atoms with van der Waals surface area (Å²) in [6.07, 6.45) is 3.24. The number of hydrogen-bond acceptors (Lipinski definition) is 3. The van der Waals surface area contributed by atoms with Gasteiger partial charge in [-0.05, 0) is 25.1 Å². The number of rotatable bonds is 1. The molecule has 0 saturated carbocycles. The fraction of sp³-hybridized carbons (Fsp3) is 0.250. The van der Waals surface area contributed by atoms with Gasteiger partial charge in [0.2, 0.25) is 0 Å². The Morgan fingerprint density at radius 1 is 1.30 bits per heavy atom. The van der Waals surface area contributed by atoms with Gasteiger partial charge < -0.3 is 9.64 Å². The van der Waals surface area contributed by atoms with Gasteiger partial charge >= 0.3 is 0 Å². The summed E-state index contributed by atoms with van der Waals surface area (Å²) in [4.78, 5) is 18.4. The number of carbonyl (C=O) groups is 1. The van der Waals surface area contributed by atoms with Crippen LogP contribution in [-0.4, -0.2) is 28.4 Å². The Labute approximate surface area is 118 Å². The second kappa shape index (κ2) is 5.33. The Morgan fingerprint density at radius 2 is 2.15 bits per heavy atom. The lowest BCUT2D eigenvalue weighted by Crippen LogP contribution is -2.36. The monoisotopic (exact) mass is 268 g/mol. The highest BCUT2D eigenvalue weighted by molar-refractivity contribution is 5.93. The molecule has 1 aromatic carbocycles. The number of nitrogens with zero attached hydrogens (tertiary/aromatic N) is 2. The molecular weight excluding hydrogens is 252 g/mol. The van der Waals surface area contributed by atoms with Crippen LogP contribution >= 0.6 is 0 Å². The van der Waals surface area contributed by atoms with E-state index < -0.39 is 0 Å². The third kappa shape index (κ3) is 2.50. The van der Waals surface area contributed by atoms with Gasteiger partial charge in [0, 0.05) is 24.5 Å². The summed E-state index contributed by atoms with van der Waals surface area (Å²) in [6, 6.07) is 11.4. The number of aromatic nitrogens is 1. The maximum Gasteiger partial charge on any atom is 0.255 e. The number of carbonyl (C=O) groups excluding carboxylic acids is 1. The minimum absolute atomic E-state index is 0.00902. The van der Waals surface area contributed by atoms with Crippen molar-refractivity contribution in [2.24, 2.45) is 0 Å². The number of fused-ring (bicyclic) bond motifs is 1. The van der Waals surface area contributed by atoms with E-state index in [0.29, 0.717) is 18.7 Å². The molecule has 4 heteroatoms. The zero-order valence-electron chi connectivity index (χ0n) is 11.3. The van der Waals surface area contributed by atoms with Crippen molar-refractivity contribution >= 4 is 5.91 Å². The van der Waals surface area contributed by atoms with Crippen LogP contribution in [0.25, 0.3) is 0 Å². The molecule has 1 aliphatic heterocycles. The van der Waals surface area contributed by atoms with Crippen LogP contribution in [0.15, 0.2) is 48.8 Å². The van der Waals surface area contributed by atoms with Crippen molar-refractivity contribution in [3.05, 3.63) is 59.9 Å². The standard InChI is InChI=1S/C16H16N2O2/c1-12-10-18(16(19)13-6-4-8-17-9-13)11-14-5-2-3-7-15(14)20-12/h2-9,12H,10-11H2,1H3. The molecule has 102 valence electrons. The van der Waals surface area contributed by atoms with E-state index in [-0.39, 0.29) is 12.0 Å². The molecule has 1 aromatic heterocycles. The fourth-order valence-electron chi connectivity index (χ4n) is 2.41. The molecule has 0 spiro atoms. The molecule has 0 N–H and O–H groups in total. The minimum Gasteiger partial charge on any atom is -0.489 e. The highest BCUT2D eigenvalue weighted by Gasteiger charge is 2.24. The molecule has 4 nitrogen and oxygen atoms in total. The SMILES string of the molecule is CC1CN(C(=O)c2cccnc2)Cc2ccccc2O1.